The summed E-state index contributed by atoms with van der Waals surface area (Å²) in [5.74, 6) is 0.144. The molecule has 0 heterocycles. The van der Waals surface area contributed by atoms with Crippen LogP contribution < -0.4 is 5.73 Å². The van der Waals surface area contributed by atoms with Gasteiger partial charge in [-0.05, 0) is 25.2 Å². The number of carbonyl (C=O) groups is 1. The summed E-state index contributed by atoms with van der Waals surface area (Å²) in [5, 5.41) is 11.7. The standard InChI is InChI=1S/C13H25N3O2/c1-4-11(12(14)15-18)13(17)16(3)10-7-5-6-9(2)8-10/h9-11,18H,4-8H2,1-3H3,(H2,14,15). The Bertz CT molecular complexity index is 317. The molecule has 5 heteroatoms. The molecule has 0 radical (unpaired) electrons. The highest BCUT2D eigenvalue weighted by Gasteiger charge is 2.30. The van der Waals surface area contributed by atoms with Crippen molar-refractivity contribution in [2.24, 2.45) is 22.7 Å². The van der Waals surface area contributed by atoms with Gasteiger partial charge in [-0.1, -0.05) is 31.8 Å². The molecule has 0 bridgehead atoms. The number of oxime groups is 1. The number of nitrogens with zero attached hydrogens (tertiary/aromatic N) is 2. The molecule has 3 N–H and O–H groups in total. The summed E-state index contributed by atoms with van der Waals surface area (Å²) in [7, 11) is 1.83. The second kappa shape index (κ2) is 6.61. The Balaban J connectivity index is 2.69. The van der Waals surface area contributed by atoms with Crippen LogP contribution in [-0.2, 0) is 4.79 Å². The average molecular weight is 255 g/mol. The zero-order valence-corrected chi connectivity index (χ0v) is 11.6. The largest absolute Gasteiger partial charge is 0.409 e. The van der Waals surface area contributed by atoms with E-state index < -0.39 is 5.92 Å². The lowest BCUT2D eigenvalue weighted by Crippen LogP contribution is -2.46. The Hall–Kier alpha value is -1.26. The van der Waals surface area contributed by atoms with Crippen LogP contribution in [0.5, 0.6) is 0 Å². The van der Waals surface area contributed by atoms with Crippen LogP contribution in [0.2, 0.25) is 0 Å². The lowest BCUT2D eigenvalue weighted by Gasteiger charge is -2.35. The fraction of sp³-hybridized carbons (Fsp3) is 0.846. The van der Waals surface area contributed by atoms with E-state index in [0.29, 0.717) is 18.4 Å². The Labute approximate surface area is 109 Å². The number of rotatable bonds is 4. The van der Waals surface area contributed by atoms with Gasteiger partial charge in [-0.25, -0.2) is 0 Å². The van der Waals surface area contributed by atoms with Crippen molar-refractivity contribution in [3.63, 3.8) is 0 Å². The average Bonchev–Trinajstić information content (AvgIpc) is 2.38. The minimum atomic E-state index is -0.503. The van der Waals surface area contributed by atoms with Crippen LogP contribution in [0, 0.1) is 11.8 Å². The quantitative estimate of drug-likeness (QED) is 0.348. The Kier molecular flexibility index (Phi) is 5.44. The molecule has 1 fully saturated rings. The molecule has 0 spiro atoms. The number of nitrogens with two attached hydrogens (primary N) is 1. The van der Waals surface area contributed by atoms with Crippen molar-refractivity contribution in [3.8, 4) is 0 Å². The summed E-state index contributed by atoms with van der Waals surface area (Å²) in [6.07, 6.45) is 5.08. The van der Waals surface area contributed by atoms with Gasteiger partial charge in [0.1, 0.15) is 0 Å². The molecule has 0 aromatic carbocycles. The van der Waals surface area contributed by atoms with E-state index in [1.165, 1.54) is 12.8 Å². The van der Waals surface area contributed by atoms with E-state index in [1.807, 2.05) is 14.0 Å². The second-order valence-corrected chi connectivity index (χ2v) is 5.36. The van der Waals surface area contributed by atoms with E-state index in [1.54, 1.807) is 4.90 Å². The number of carbonyl (C=O) groups excluding carboxylic acids is 1. The zero-order chi connectivity index (χ0) is 13.7. The topological polar surface area (TPSA) is 78.9 Å². The summed E-state index contributed by atoms with van der Waals surface area (Å²) in [4.78, 5) is 14.1. The summed E-state index contributed by atoms with van der Waals surface area (Å²) >= 11 is 0. The molecule has 104 valence electrons. The van der Waals surface area contributed by atoms with Gasteiger partial charge in [-0.15, -0.1) is 0 Å². The Morgan fingerprint density at radius 3 is 2.72 bits per heavy atom. The smallest absolute Gasteiger partial charge is 0.233 e. The molecule has 1 aliphatic rings. The summed E-state index contributed by atoms with van der Waals surface area (Å²) in [6.45, 7) is 4.10. The van der Waals surface area contributed by atoms with E-state index in [4.69, 9.17) is 10.9 Å². The molecule has 3 unspecified atom stereocenters. The van der Waals surface area contributed by atoms with Crippen LogP contribution in [0.4, 0.5) is 0 Å². The van der Waals surface area contributed by atoms with Crippen molar-refractivity contribution in [3.05, 3.63) is 0 Å². The molecular weight excluding hydrogens is 230 g/mol. The fourth-order valence-electron chi connectivity index (χ4n) is 2.76. The van der Waals surface area contributed by atoms with Crippen molar-refractivity contribution in [2.75, 3.05) is 7.05 Å². The predicted octanol–water partition coefficient (Wildman–Crippen LogP) is 1.80. The summed E-state index contributed by atoms with van der Waals surface area (Å²) < 4.78 is 0. The summed E-state index contributed by atoms with van der Waals surface area (Å²) in [6, 6.07) is 0.293. The SMILES string of the molecule is CCC(C(=O)N(C)C1CCCC(C)C1)C(N)=NO. The molecule has 0 aromatic heterocycles. The van der Waals surface area contributed by atoms with Gasteiger partial charge >= 0.3 is 0 Å². The number of amidine groups is 1. The van der Waals surface area contributed by atoms with Crippen molar-refractivity contribution in [2.45, 2.75) is 52.0 Å². The summed E-state index contributed by atoms with van der Waals surface area (Å²) in [5.41, 5.74) is 5.58. The monoisotopic (exact) mass is 255 g/mol. The number of hydrogen-bond donors (Lipinski definition) is 2. The van der Waals surface area contributed by atoms with E-state index in [2.05, 4.69) is 12.1 Å². The van der Waals surface area contributed by atoms with Gasteiger partial charge in [-0.3, -0.25) is 4.79 Å². The fourth-order valence-corrected chi connectivity index (χ4v) is 2.76. The molecule has 1 amide bonds. The second-order valence-electron chi connectivity index (χ2n) is 5.36. The van der Waals surface area contributed by atoms with Crippen molar-refractivity contribution < 1.29 is 10.0 Å². The van der Waals surface area contributed by atoms with Crippen LogP contribution in [0.25, 0.3) is 0 Å². The number of hydrogen-bond acceptors (Lipinski definition) is 3. The van der Waals surface area contributed by atoms with Crippen LogP contribution in [0.1, 0.15) is 46.0 Å². The molecule has 1 aliphatic carbocycles. The molecule has 1 rings (SSSR count). The van der Waals surface area contributed by atoms with Crippen LogP contribution >= 0.6 is 0 Å². The maximum absolute atomic E-state index is 12.3. The van der Waals surface area contributed by atoms with Crippen molar-refractivity contribution in [1.82, 2.24) is 4.90 Å². The number of amides is 1. The molecule has 18 heavy (non-hydrogen) atoms. The highest BCUT2D eigenvalue weighted by Crippen LogP contribution is 2.27. The predicted molar refractivity (Wildman–Crippen MR) is 71.4 cm³/mol. The third kappa shape index (κ3) is 3.37. The Morgan fingerprint density at radius 2 is 2.22 bits per heavy atom. The van der Waals surface area contributed by atoms with Crippen LogP contribution in [-0.4, -0.2) is 34.9 Å². The highest BCUT2D eigenvalue weighted by molar-refractivity contribution is 6.02. The highest BCUT2D eigenvalue weighted by atomic mass is 16.4. The van der Waals surface area contributed by atoms with Gasteiger partial charge in [0.05, 0.1) is 5.92 Å². The lowest BCUT2D eigenvalue weighted by atomic mass is 9.86. The van der Waals surface area contributed by atoms with E-state index in [-0.39, 0.29) is 11.7 Å². The molecule has 3 atom stereocenters. The Morgan fingerprint density at radius 1 is 1.56 bits per heavy atom. The lowest BCUT2D eigenvalue weighted by molar-refractivity contribution is -0.135. The van der Waals surface area contributed by atoms with Gasteiger partial charge in [0.2, 0.25) is 5.91 Å². The first-order valence-electron chi connectivity index (χ1n) is 6.75. The van der Waals surface area contributed by atoms with E-state index in [9.17, 15) is 4.79 Å². The van der Waals surface area contributed by atoms with Crippen molar-refractivity contribution >= 4 is 11.7 Å². The molecule has 0 aromatic rings. The minimum Gasteiger partial charge on any atom is -0.409 e. The van der Waals surface area contributed by atoms with E-state index in [0.717, 1.165) is 12.8 Å². The zero-order valence-electron chi connectivity index (χ0n) is 11.6. The molecule has 0 aliphatic heterocycles. The molecular formula is C13H25N3O2. The molecule has 5 nitrogen and oxygen atoms in total. The first-order valence-corrected chi connectivity index (χ1v) is 6.75. The third-order valence-corrected chi connectivity index (χ3v) is 3.98. The third-order valence-electron chi connectivity index (χ3n) is 3.98. The minimum absolute atomic E-state index is 0.0122. The normalized spacial score (nSPS) is 26.7. The molecule has 0 saturated heterocycles. The first kappa shape index (κ1) is 14.8. The van der Waals surface area contributed by atoms with Crippen molar-refractivity contribution in [1.29, 1.82) is 0 Å². The van der Waals surface area contributed by atoms with Crippen LogP contribution in [0.3, 0.4) is 0 Å². The maximum Gasteiger partial charge on any atom is 0.233 e. The van der Waals surface area contributed by atoms with Gasteiger partial charge in [-0.2, -0.15) is 0 Å². The first-order chi connectivity index (χ1) is 8.51. The van der Waals surface area contributed by atoms with Gasteiger partial charge in [0.15, 0.2) is 5.84 Å². The van der Waals surface area contributed by atoms with Gasteiger partial charge < -0.3 is 15.8 Å². The van der Waals surface area contributed by atoms with Crippen LogP contribution in [0.15, 0.2) is 5.16 Å². The maximum atomic E-state index is 12.3. The van der Waals surface area contributed by atoms with Gasteiger partial charge in [0.25, 0.3) is 0 Å². The van der Waals surface area contributed by atoms with E-state index >= 15 is 0 Å². The molecule has 1 saturated carbocycles. The van der Waals surface area contributed by atoms with Gasteiger partial charge in [0, 0.05) is 13.1 Å².